The zero-order valence-electron chi connectivity index (χ0n) is 10.0. The predicted molar refractivity (Wildman–Crippen MR) is 73.9 cm³/mol. The Balaban J connectivity index is 1.90. The smallest absolute Gasteiger partial charge is 0.287 e. The van der Waals surface area contributed by atoms with E-state index >= 15 is 0 Å². The van der Waals surface area contributed by atoms with E-state index in [1.54, 1.807) is 12.1 Å². The molecule has 1 amide bonds. The van der Waals surface area contributed by atoms with Crippen molar-refractivity contribution in [1.29, 1.82) is 0 Å². The van der Waals surface area contributed by atoms with Gasteiger partial charge >= 0.3 is 0 Å². The highest BCUT2D eigenvalue weighted by molar-refractivity contribution is 9.09. The number of carbonyl (C=O) groups excluding carboxylic acids is 1. The molecule has 94 valence electrons. The van der Waals surface area contributed by atoms with Gasteiger partial charge in [0, 0.05) is 6.54 Å². The fraction of sp³-hybridized carbons (Fsp3) is 0.214. The molecular weight excluding hydrogens is 294 g/mol. The number of hydrogen-bond donors (Lipinski definition) is 1. The summed E-state index contributed by atoms with van der Waals surface area (Å²) in [7, 11) is 0. The van der Waals surface area contributed by atoms with Crippen molar-refractivity contribution in [3.8, 4) is 0 Å². The number of aryl methyl sites for hydroxylation is 1. The molecule has 3 nitrogen and oxygen atoms in total. The molecule has 0 saturated carbocycles. The van der Waals surface area contributed by atoms with Crippen molar-refractivity contribution in [1.82, 2.24) is 5.32 Å². The number of furan rings is 1. The van der Waals surface area contributed by atoms with Crippen LogP contribution in [0.15, 0.2) is 46.9 Å². The lowest BCUT2D eigenvalue weighted by Gasteiger charge is -2.10. The van der Waals surface area contributed by atoms with Gasteiger partial charge in [-0.25, -0.2) is 0 Å². The molecule has 0 fully saturated rings. The predicted octanol–water partition coefficient (Wildman–Crippen LogP) is 3.45. The molecule has 2 rings (SSSR count). The summed E-state index contributed by atoms with van der Waals surface area (Å²) in [6, 6.07) is 13.4. The zero-order chi connectivity index (χ0) is 13.0. The van der Waals surface area contributed by atoms with E-state index in [1.165, 1.54) is 0 Å². The van der Waals surface area contributed by atoms with Gasteiger partial charge in [-0.05, 0) is 24.6 Å². The Labute approximate surface area is 114 Å². The molecule has 0 aliphatic rings. The first kappa shape index (κ1) is 12.9. The number of nitrogens with one attached hydrogen (secondary N) is 1. The van der Waals surface area contributed by atoms with Gasteiger partial charge in [-0.3, -0.25) is 4.79 Å². The van der Waals surface area contributed by atoms with Gasteiger partial charge in [0.1, 0.15) is 5.76 Å². The van der Waals surface area contributed by atoms with Gasteiger partial charge in [0.05, 0.1) is 4.83 Å². The van der Waals surface area contributed by atoms with Crippen LogP contribution in [-0.4, -0.2) is 12.5 Å². The molecule has 0 bridgehead atoms. The molecule has 1 unspecified atom stereocenters. The molecule has 0 spiro atoms. The van der Waals surface area contributed by atoms with Crippen molar-refractivity contribution in [2.24, 2.45) is 0 Å². The third kappa shape index (κ3) is 3.23. The van der Waals surface area contributed by atoms with Crippen LogP contribution in [0.4, 0.5) is 0 Å². The number of amides is 1. The molecule has 4 heteroatoms. The van der Waals surface area contributed by atoms with Crippen LogP contribution in [0, 0.1) is 6.92 Å². The normalized spacial score (nSPS) is 12.1. The maximum Gasteiger partial charge on any atom is 0.287 e. The van der Waals surface area contributed by atoms with E-state index in [2.05, 4.69) is 21.2 Å². The zero-order valence-corrected chi connectivity index (χ0v) is 11.6. The number of halogens is 1. The largest absolute Gasteiger partial charge is 0.456 e. The van der Waals surface area contributed by atoms with Crippen molar-refractivity contribution >= 4 is 21.8 Å². The third-order valence-electron chi connectivity index (χ3n) is 2.57. The van der Waals surface area contributed by atoms with E-state index in [-0.39, 0.29) is 10.7 Å². The molecule has 1 N–H and O–H groups in total. The van der Waals surface area contributed by atoms with Gasteiger partial charge in [-0.2, -0.15) is 0 Å². The number of hydrogen-bond acceptors (Lipinski definition) is 2. The molecule has 1 heterocycles. The molecule has 18 heavy (non-hydrogen) atoms. The Hall–Kier alpha value is -1.55. The second kappa shape index (κ2) is 5.87. The van der Waals surface area contributed by atoms with Gasteiger partial charge < -0.3 is 9.73 Å². The molecule has 1 atom stereocenters. The van der Waals surface area contributed by atoms with Crippen LogP contribution in [0.5, 0.6) is 0 Å². The standard InChI is InChI=1S/C14H14BrNO2/c1-10-7-8-13(18-10)14(17)16-9-12(15)11-5-3-2-4-6-11/h2-8,12H,9H2,1H3,(H,16,17). The lowest BCUT2D eigenvalue weighted by molar-refractivity contribution is 0.0925. The topological polar surface area (TPSA) is 42.2 Å². The summed E-state index contributed by atoms with van der Waals surface area (Å²) < 4.78 is 5.26. The van der Waals surface area contributed by atoms with Crippen LogP contribution in [0.25, 0.3) is 0 Å². The summed E-state index contributed by atoms with van der Waals surface area (Å²) in [5.74, 6) is 0.891. The first-order valence-electron chi connectivity index (χ1n) is 5.70. The number of carbonyl (C=O) groups is 1. The van der Waals surface area contributed by atoms with Crippen LogP contribution in [-0.2, 0) is 0 Å². The van der Waals surface area contributed by atoms with Crippen LogP contribution >= 0.6 is 15.9 Å². The molecule has 0 radical (unpaired) electrons. The lowest BCUT2D eigenvalue weighted by Crippen LogP contribution is -2.26. The van der Waals surface area contributed by atoms with Crippen LogP contribution < -0.4 is 5.32 Å². The minimum Gasteiger partial charge on any atom is -0.456 e. The first-order valence-corrected chi connectivity index (χ1v) is 6.62. The van der Waals surface area contributed by atoms with Crippen LogP contribution in [0.3, 0.4) is 0 Å². The Kier molecular flexibility index (Phi) is 4.20. The molecule has 0 aliphatic carbocycles. The summed E-state index contributed by atoms with van der Waals surface area (Å²) in [4.78, 5) is 11.9. The SMILES string of the molecule is Cc1ccc(C(=O)NCC(Br)c2ccccc2)o1. The van der Waals surface area contributed by atoms with Crippen molar-refractivity contribution < 1.29 is 9.21 Å². The lowest BCUT2D eigenvalue weighted by atomic mass is 10.1. The monoisotopic (exact) mass is 307 g/mol. The average molecular weight is 308 g/mol. The minimum atomic E-state index is -0.191. The number of benzene rings is 1. The maximum absolute atomic E-state index is 11.8. The minimum absolute atomic E-state index is 0.0960. The Bertz CT molecular complexity index is 522. The quantitative estimate of drug-likeness (QED) is 0.879. The van der Waals surface area contributed by atoms with Gasteiger partial charge in [0.15, 0.2) is 5.76 Å². The van der Waals surface area contributed by atoms with E-state index < -0.39 is 0 Å². The van der Waals surface area contributed by atoms with Crippen molar-refractivity contribution in [2.75, 3.05) is 6.54 Å². The summed E-state index contributed by atoms with van der Waals surface area (Å²) in [5.41, 5.74) is 1.13. The summed E-state index contributed by atoms with van der Waals surface area (Å²) in [5, 5.41) is 2.83. The first-order chi connectivity index (χ1) is 8.66. The van der Waals surface area contributed by atoms with Crippen LogP contribution in [0.1, 0.15) is 26.7 Å². The highest BCUT2D eigenvalue weighted by Crippen LogP contribution is 2.21. The maximum atomic E-state index is 11.8. The Morgan fingerprint density at radius 2 is 2.00 bits per heavy atom. The van der Waals surface area contributed by atoms with Gasteiger partial charge in [0.2, 0.25) is 0 Å². The fourth-order valence-corrected chi connectivity index (χ4v) is 2.07. The van der Waals surface area contributed by atoms with Gasteiger partial charge in [-0.1, -0.05) is 46.3 Å². The summed E-state index contributed by atoms with van der Waals surface area (Å²) in [6.07, 6.45) is 0. The summed E-state index contributed by atoms with van der Waals surface area (Å²) in [6.45, 7) is 2.33. The van der Waals surface area contributed by atoms with Crippen molar-refractivity contribution in [3.05, 3.63) is 59.5 Å². The molecule has 0 aliphatic heterocycles. The molecule has 2 aromatic rings. The van der Waals surface area contributed by atoms with E-state index in [1.807, 2.05) is 37.3 Å². The number of rotatable bonds is 4. The van der Waals surface area contributed by atoms with E-state index in [0.717, 1.165) is 11.3 Å². The second-order valence-electron chi connectivity index (χ2n) is 4.00. The van der Waals surface area contributed by atoms with Gasteiger partial charge in [-0.15, -0.1) is 0 Å². The number of alkyl halides is 1. The third-order valence-corrected chi connectivity index (χ3v) is 3.42. The highest BCUT2D eigenvalue weighted by atomic mass is 79.9. The highest BCUT2D eigenvalue weighted by Gasteiger charge is 2.12. The fourth-order valence-electron chi connectivity index (χ4n) is 1.61. The molecule has 1 aromatic heterocycles. The second-order valence-corrected chi connectivity index (χ2v) is 5.10. The molecular formula is C14H14BrNO2. The van der Waals surface area contributed by atoms with E-state index in [4.69, 9.17) is 4.42 Å². The van der Waals surface area contributed by atoms with E-state index in [9.17, 15) is 4.79 Å². The summed E-state index contributed by atoms with van der Waals surface area (Å²) >= 11 is 3.55. The molecule has 0 saturated heterocycles. The van der Waals surface area contributed by atoms with E-state index in [0.29, 0.717) is 12.3 Å². The van der Waals surface area contributed by atoms with Crippen LogP contribution in [0.2, 0.25) is 0 Å². The average Bonchev–Trinajstić information content (AvgIpc) is 2.83. The Morgan fingerprint density at radius 3 is 2.61 bits per heavy atom. The van der Waals surface area contributed by atoms with Gasteiger partial charge in [0.25, 0.3) is 5.91 Å². The molecule has 1 aromatic carbocycles. The van der Waals surface area contributed by atoms with Crippen molar-refractivity contribution in [2.45, 2.75) is 11.8 Å². The van der Waals surface area contributed by atoms with Crippen molar-refractivity contribution in [3.63, 3.8) is 0 Å². The Morgan fingerprint density at radius 1 is 1.28 bits per heavy atom.